The normalized spacial score (nSPS) is 11.7. The number of amides is 2. The molecule has 0 radical (unpaired) electrons. The van der Waals surface area contributed by atoms with E-state index in [-0.39, 0.29) is 6.03 Å². The van der Waals surface area contributed by atoms with Gasteiger partial charge in [0.25, 0.3) is 0 Å². The molecular formula is C12H14F2N2O. The summed E-state index contributed by atoms with van der Waals surface area (Å²) < 4.78 is 25.7. The largest absolute Gasteiger partial charge is 0.335 e. The molecule has 1 aromatic rings. The van der Waals surface area contributed by atoms with E-state index in [2.05, 4.69) is 17.2 Å². The van der Waals surface area contributed by atoms with Gasteiger partial charge in [-0.15, -0.1) is 6.58 Å². The molecule has 0 fully saturated rings. The molecule has 1 rings (SSSR count). The Bertz CT molecular complexity index is 421. The van der Waals surface area contributed by atoms with Crippen LogP contribution in [-0.4, -0.2) is 12.6 Å². The maximum Gasteiger partial charge on any atom is 0.315 e. The molecule has 0 aliphatic rings. The molecule has 0 saturated heterocycles. The van der Waals surface area contributed by atoms with Gasteiger partial charge in [0.15, 0.2) is 11.6 Å². The maximum atomic E-state index is 13.0. The average Bonchev–Trinajstić information content (AvgIpc) is 2.30. The first-order valence-electron chi connectivity index (χ1n) is 5.14. The number of carbonyl (C=O) groups excluding carboxylic acids is 1. The fourth-order valence-electron chi connectivity index (χ4n) is 1.28. The summed E-state index contributed by atoms with van der Waals surface area (Å²) in [5.74, 6) is -1.83. The standard InChI is InChI=1S/C12H14F2N2O/c1-3-6-15-12(17)16-8(2)9-4-5-10(13)11(14)7-9/h3-5,7-8H,1,6H2,2H3,(H2,15,16,17). The van der Waals surface area contributed by atoms with E-state index in [1.165, 1.54) is 6.07 Å². The van der Waals surface area contributed by atoms with Gasteiger partial charge in [0.1, 0.15) is 0 Å². The van der Waals surface area contributed by atoms with Gasteiger partial charge in [-0.2, -0.15) is 0 Å². The first-order chi connectivity index (χ1) is 8.04. The molecule has 0 aliphatic heterocycles. The van der Waals surface area contributed by atoms with Crippen LogP contribution < -0.4 is 10.6 Å². The van der Waals surface area contributed by atoms with Crippen LogP contribution in [0.15, 0.2) is 30.9 Å². The van der Waals surface area contributed by atoms with Gasteiger partial charge in [0, 0.05) is 6.54 Å². The minimum absolute atomic E-state index is 0.344. The molecule has 0 aliphatic carbocycles. The first kappa shape index (κ1) is 13.2. The lowest BCUT2D eigenvalue weighted by Crippen LogP contribution is -2.37. The van der Waals surface area contributed by atoms with Gasteiger partial charge in [-0.3, -0.25) is 0 Å². The lowest BCUT2D eigenvalue weighted by molar-refractivity contribution is 0.239. The number of hydrogen-bond acceptors (Lipinski definition) is 1. The molecule has 0 saturated carbocycles. The van der Waals surface area contributed by atoms with Crippen molar-refractivity contribution in [3.8, 4) is 0 Å². The average molecular weight is 240 g/mol. The summed E-state index contributed by atoms with van der Waals surface area (Å²) >= 11 is 0. The molecule has 0 bridgehead atoms. The molecule has 0 spiro atoms. The van der Waals surface area contributed by atoms with Crippen LogP contribution in [0.3, 0.4) is 0 Å². The second-order valence-corrected chi connectivity index (χ2v) is 3.54. The van der Waals surface area contributed by atoms with Gasteiger partial charge in [-0.05, 0) is 24.6 Å². The minimum Gasteiger partial charge on any atom is -0.335 e. The quantitative estimate of drug-likeness (QED) is 0.780. The number of carbonyl (C=O) groups is 1. The van der Waals surface area contributed by atoms with Crippen LogP contribution in [0.2, 0.25) is 0 Å². The Labute approximate surface area is 98.5 Å². The maximum absolute atomic E-state index is 13.0. The first-order valence-corrected chi connectivity index (χ1v) is 5.14. The van der Waals surface area contributed by atoms with Crippen LogP contribution in [0.5, 0.6) is 0 Å². The Balaban J connectivity index is 2.63. The van der Waals surface area contributed by atoms with E-state index in [9.17, 15) is 13.6 Å². The van der Waals surface area contributed by atoms with Crippen molar-refractivity contribution < 1.29 is 13.6 Å². The summed E-state index contributed by atoms with van der Waals surface area (Å²) in [7, 11) is 0. The van der Waals surface area contributed by atoms with E-state index in [1.807, 2.05) is 0 Å². The van der Waals surface area contributed by atoms with Crippen molar-refractivity contribution >= 4 is 6.03 Å². The zero-order chi connectivity index (χ0) is 12.8. The third-order valence-electron chi connectivity index (χ3n) is 2.20. The molecule has 3 nitrogen and oxygen atoms in total. The van der Waals surface area contributed by atoms with E-state index < -0.39 is 17.7 Å². The Kier molecular flexibility index (Phi) is 4.63. The molecule has 0 heterocycles. The number of nitrogens with one attached hydrogen (secondary N) is 2. The van der Waals surface area contributed by atoms with Gasteiger partial charge in [0.2, 0.25) is 0 Å². The number of urea groups is 1. The highest BCUT2D eigenvalue weighted by Gasteiger charge is 2.11. The summed E-state index contributed by atoms with van der Waals surface area (Å²) in [5, 5.41) is 5.11. The molecule has 1 unspecified atom stereocenters. The van der Waals surface area contributed by atoms with Crippen molar-refractivity contribution in [2.75, 3.05) is 6.54 Å². The summed E-state index contributed by atoms with van der Waals surface area (Å²) in [6.07, 6.45) is 1.54. The smallest absolute Gasteiger partial charge is 0.315 e. The van der Waals surface area contributed by atoms with Crippen LogP contribution in [0.4, 0.5) is 13.6 Å². The fourth-order valence-corrected chi connectivity index (χ4v) is 1.28. The molecular weight excluding hydrogens is 226 g/mol. The van der Waals surface area contributed by atoms with E-state index in [1.54, 1.807) is 13.0 Å². The molecule has 17 heavy (non-hydrogen) atoms. The van der Waals surface area contributed by atoms with Gasteiger partial charge < -0.3 is 10.6 Å². The predicted octanol–water partition coefficient (Wildman–Crippen LogP) is 2.51. The lowest BCUT2D eigenvalue weighted by atomic mass is 10.1. The molecule has 1 atom stereocenters. The third-order valence-corrected chi connectivity index (χ3v) is 2.20. The highest BCUT2D eigenvalue weighted by Crippen LogP contribution is 2.15. The minimum atomic E-state index is -0.928. The summed E-state index contributed by atoms with van der Waals surface area (Å²) in [4.78, 5) is 11.3. The lowest BCUT2D eigenvalue weighted by Gasteiger charge is -2.14. The van der Waals surface area contributed by atoms with Crippen LogP contribution >= 0.6 is 0 Å². The third kappa shape index (κ3) is 3.86. The van der Waals surface area contributed by atoms with Gasteiger partial charge in [0.05, 0.1) is 6.04 Å². The van der Waals surface area contributed by atoms with Gasteiger partial charge in [-0.1, -0.05) is 12.1 Å². The molecule has 92 valence electrons. The SMILES string of the molecule is C=CCNC(=O)NC(C)c1ccc(F)c(F)c1. The van der Waals surface area contributed by atoms with E-state index >= 15 is 0 Å². The van der Waals surface area contributed by atoms with Gasteiger partial charge in [-0.25, -0.2) is 13.6 Å². The highest BCUT2D eigenvalue weighted by atomic mass is 19.2. The predicted molar refractivity (Wildman–Crippen MR) is 61.5 cm³/mol. The summed E-state index contributed by atoms with van der Waals surface area (Å²) in [5.41, 5.74) is 0.498. The topological polar surface area (TPSA) is 41.1 Å². The van der Waals surface area contributed by atoms with Crippen molar-refractivity contribution in [2.24, 2.45) is 0 Å². The van der Waals surface area contributed by atoms with Gasteiger partial charge >= 0.3 is 6.03 Å². The Morgan fingerprint density at radius 2 is 2.18 bits per heavy atom. The molecule has 5 heteroatoms. The van der Waals surface area contributed by atoms with Crippen molar-refractivity contribution in [3.63, 3.8) is 0 Å². The van der Waals surface area contributed by atoms with Crippen LogP contribution in [0.1, 0.15) is 18.5 Å². The fraction of sp³-hybridized carbons (Fsp3) is 0.250. The monoisotopic (exact) mass is 240 g/mol. The molecule has 2 amide bonds. The van der Waals surface area contributed by atoms with Crippen molar-refractivity contribution in [1.29, 1.82) is 0 Å². The van der Waals surface area contributed by atoms with Crippen LogP contribution in [0.25, 0.3) is 0 Å². The number of hydrogen-bond donors (Lipinski definition) is 2. The van der Waals surface area contributed by atoms with Crippen molar-refractivity contribution in [1.82, 2.24) is 10.6 Å². The van der Waals surface area contributed by atoms with Crippen molar-refractivity contribution in [3.05, 3.63) is 48.1 Å². The van der Waals surface area contributed by atoms with E-state index in [0.29, 0.717) is 12.1 Å². The Morgan fingerprint density at radius 1 is 1.47 bits per heavy atom. The van der Waals surface area contributed by atoms with E-state index in [0.717, 1.165) is 12.1 Å². The summed E-state index contributed by atoms with van der Waals surface area (Å²) in [6, 6.07) is 2.73. The van der Waals surface area contributed by atoms with E-state index in [4.69, 9.17) is 0 Å². The summed E-state index contributed by atoms with van der Waals surface area (Å²) in [6.45, 7) is 5.48. The highest BCUT2D eigenvalue weighted by molar-refractivity contribution is 5.74. The Hall–Kier alpha value is -1.91. The number of halogens is 2. The van der Waals surface area contributed by atoms with Crippen molar-refractivity contribution in [2.45, 2.75) is 13.0 Å². The number of benzene rings is 1. The zero-order valence-corrected chi connectivity index (χ0v) is 9.47. The molecule has 1 aromatic carbocycles. The number of rotatable bonds is 4. The van der Waals surface area contributed by atoms with Crippen LogP contribution in [0, 0.1) is 11.6 Å². The zero-order valence-electron chi connectivity index (χ0n) is 9.47. The Morgan fingerprint density at radius 3 is 2.76 bits per heavy atom. The molecule has 0 aromatic heterocycles. The second kappa shape index (κ2) is 5.98. The second-order valence-electron chi connectivity index (χ2n) is 3.54. The molecule has 2 N–H and O–H groups in total. The van der Waals surface area contributed by atoms with Crippen LogP contribution in [-0.2, 0) is 0 Å².